The molecule has 0 saturated carbocycles. The van der Waals surface area contributed by atoms with Crippen LogP contribution in [-0.4, -0.2) is 32.9 Å². The molecule has 4 aromatic carbocycles. The summed E-state index contributed by atoms with van der Waals surface area (Å²) in [4.78, 5) is 0. The van der Waals surface area contributed by atoms with Gasteiger partial charge >= 0.3 is 56.7 Å². The van der Waals surface area contributed by atoms with Crippen molar-refractivity contribution in [3.8, 4) is 17.2 Å². The Morgan fingerprint density at radius 1 is 0.429 bits per heavy atom. The van der Waals surface area contributed by atoms with Crippen molar-refractivity contribution in [2.45, 2.75) is 88.1 Å². The first-order valence-corrected chi connectivity index (χ1v) is 19.2. The van der Waals surface area contributed by atoms with Crippen LogP contribution in [0.3, 0.4) is 0 Å². The summed E-state index contributed by atoms with van der Waals surface area (Å²) in [5, 5.41) is 0. The lowest BCUT2D eigenvalue weighted by molar-refractivity contribution is -0.902. The number of rotatable bonds is 12. The highest BCUT2D eigenvalue weighted by molar-refractivity contribution is 6.39. The van der Waals surface area contributed by atoms with Crippen LogP contribution in [-0.2, 0) is 49.4 Å². The summed E-state index contributed by atoms with van der Waals surface area (Å²) in [7, 11) is 0.665. The average Bonchev–Trinajstić information content (AvgIpc) is 3.16. The van der Waals surface area contributed by atoms with E-state index < -0.39 is 147 Å². The second-order valence-electron chi connectivity index (χ2n) is 15.7. The van der Waals surface area contributed by atoms with Gasteiger partial charge in [0.25, 0.3) is 0 Å². The number of alkyl halides is 24. The lowest BCUT2D eigenvalue weighted by Crippen LogP contribution is -2.42. The smallest absolute Gasteiger partial charge is 0.490 e. The number of benzene rings is 4. The highest BCUT2D eigenvalue weighted by atomic mass is 19.4. The van der Waals surface area contributed by atoms with E-state index in [1.165, 1.54) is 21.1 Å². The zero-order chi connectivity index (χ0) is 54.0. The predicted molar refractivity (Wildman–Crippen MR) is 197 cm³/mol. The van der Waals surface area contributed by atoms with E-state index in [9.17, 15) is 105 Å². The van der Waals surface area contributed by atoms with Crippen molar-refractivity contribution in [2.24, 2.45) is 0 Å². The van der Waals surface area contributed by atoms with Crippen molar-refractivity contribution in [1.82, 2.24) is 0 Å². The number of quaternary nitrogens is 1. The topological polar surface area (TPSA) is 27.7 Å². The third-order valence-electron chi connectivity index (χ3n) is 9.38. The molecule has 0 aromatic heterocycles. The molecule has 390 valence electrons. The van der Waals surface area contributed by atoms with Crippen LogP contribution in [0.1, 0.15) is 88.7 Å². The number of halogens is 24. The molecule has 1 atom stereocenters. The SMILES string of the molecule is CCCCCC(c1c(OB(Oc2cc(C(F)(F)F)cc(C(F)(F)F)c2)Oc2cc(C(F)(F)F)cc(C(F)(F)F)c2)cc(C(F)(F)F)cc1C(F)(F)F)[N+](C)(C)C.FC(F)(F)c1c[c-]cc(C(F)(F)F)c1. The molecule has 0 saturated heterocycles. The maximum absolute atomic E-state index is 14.7. The second kappa shape index (κ2) is 20.8. The Morgan fingerprint density at radius 2 is 0.757 bits per heavy atom. The Hall–Kier alpha value is -5.38. The van der Waals surface area contributed by atoms with Crippen LogP contribution in [0, 0.1) is 6.07 Å². The van der Waals surface area contributed by atoms with Crippen molar-refractivity contribution in [3.63, 3.8) is 0 Å². The minimum atomic E-state index is -5.63. The van der Waals surface area contributed by atoms with Crippen LogP contribution in [0.4, 0.5) is 105 Å². The number of unbranched alkanes of at least 4 members (excludes halogenated alkanes) is 2. The molecule has 1 unspecified atom stereocenters. The van der Waals surface area contributed by atoms with Gasteiger partial charge in [0.1, 0.15) is 23.3 Å². The maximum Gasteiger partial charge on any atom is 0.864 e. The molecular weight excluding hydrogens is 1020 g/mol. The molecule has 0 spiro atoms. The molecule has 4 rings (SSSR count). The molecule has 0 aliphatic rings. The molecule has 0 aliphatic heterocycles. The van der Waals surface area contributed by atoms with E-state index in [0.717, 1.165) is 0 Å². The van der Waals surface area contributed by atoms with Crippen molar-refractivity contribution in [2.75, 3.05) is 21.1 Å². The molecule has 0 fully saturated rings. The molecule has 0 N–H and O–H groups in total. The number of hydrogen-bond donors (Lipinski definition) is 0. The fourth-order valence-electron chi connectivity index (χ4n) is 6.16. The Labute approximate surface area is 380 Å². The fraction of sp³-hybridized carbons (Fsp3) is 0.415. The number of hydrogen-bond acceptors (Lipinski definition) is 3. The van der Waals surface area contributed by atoms with Gasteiger partial charge in [-0.1, -0.05) is 30.9 Å². The summed E-state index contributed by atoms with van der Waals surface area (Å²) in [5.41, 5.74) is -16.3. The summed E-state index contributed by atoms with van der Waals surface area (Å²) < 4.78 is 337. The Kier molecular flexibility index (Phi) is 17.5. The maximum atomic E-state index is 14.7. The predicted octanol–water partition coefficient (Wildman–Crippen LogP) is 16.2. The van der Waals surface area contributed by atoms with Gasteiger partial charge in [0.15, 0.2) is 0 Å². The van der Waals surface area contributed by atoms with Gasteiger partial charge in [0.05, 0.1) is 60.1 Å². The molecule has 0 radical (unpaired) electrons. The molecule has 0 bridgehead atoms. The molecule has 70 heavy (non-hydrogen) atoms. The molecule has 0 heterocycles. The Balaban J connectivity index is 0.000000791. The number of nitrogens with zero attached hydrogens (tertiary/aromatic N) is 1. The Bertz CT molecular complexity index is 2210. The van der Waals surface area contributed by atoms with Gasteiger partial charge in [-0.05, 0) is 55.0 Å². The average molecular weight is 1050 g/mol. The van der Waals surface area contributed by atoms with Crippen LogP contribution >= 0.6 is 0 Å². The monoisotopic (exact) mass is 1050 g/mol. The lowest BCUT2D eigenvalue weighted by Gasteiger charge is -2.37. The lowest BCUT2D eigenvalue weighted by atomic mass is 9.90. The van der Waals surface area contributed by atoms with E-state index in [0.29, 0.717) is 25.0 Å². The van der Waals surface area contributed by atoms with E-state index in [2.05, 4.69) is 0 Å². The standard InChI is InChI=1S/C33H29BF18NO3.C8H3F6/c1-5-6-7-8-25(53(2,3)4)27-24(33(50,51)52)15-21(32(47,48)49)16-26(27)56-34(54-22-11-17(28(35,36)37)9-18(12-22)29(38,39)40)55-23-13-19(30(41,42)43)10-20(14-23)31(44,45)46;9-7(10,11)5-2-1-3-6(4-5)8(12,13)14/h9-16,25H,5-8H2,1-4H3;2-4H/q+1;-1. The van der Waals surface area contributed by atoms with Crippen molar-refractivity contribution in [3.05, 3.63) is 123 Å². The molecular formula is C41H32BF24NO3. The van der Waals surface area contributed by atoms with Gasteiger partial charge in [0, 0.05) is 6.42 Å². The van der Waals surface area contributed by atoms with E-state index in [1.54, 1.807) is 13.0 Å². The fourth-order valence-corrected chi connectivity index (χ4v) is 6.16. The highest BCUT2D eigenvalue weighted by Crippen LogP contribution is 2.48. The minimum Gasteiger partial charge on any atom is -0.490 e. The molecule has 4 aromatic rings. The normalized spacial score (nSPS) is 13.9. The first-order chi connectivity index (χ1) is 31.3. The zero-order valence-corrected chi connectivity index (χ0v) is 35.6. The Morgan fingerprint density at radius 3 is 1.06 bits per heavy atom. The van der Waals surface area contributed by atoms with Crippen LogP contribution < -0.4 is 14.0 Å². The van der Waals surface area contributed by atoms with Crippen LogP contribution in [0.25, 0.3) is 0 Å². The van der Waals surface area contributed by atoms with Crippen LogP contribution in [0.15, 0.2) is 66.7 Å². The first-order valence-electron chi connectivity index (χ1n) is 19.2. The van der Waals surface area contributed by atoms with E-state index in [-0.39, 0.29) is 55.3 Å². The molecule has 29 heteroatoms. The van der Waals surface area contributed by atoms with E-state index in [1.807, 2.05) is 0 Å². The van der Waals surface area contributed by atoms with E-state index >= 15 is 0 Å². The molecule has 0 amide bonds. The van der Waals surface area contributed by atoms with Crippen LogP contribution in [0.5, 0.6) is 17.2 Å². The third-order valence-corrected chi connectivity index (χ3v) is 9.38. The van der Waals surface area contributed by atoms with Crippen molar-refractivity contribution in [1.29, 1.82) is 0 Å². The third kappa shape index (κ3) is 16.6. The van der Waals surface area contributed by atoms with Crippen LogP contribution in [0.2, 0.25) is 0 Å². The van der Waals surface area contributed by atoms with Crippen molar-refractivity contribution < 1.29 is 124 Å². The van der Waals surface area contributed by atoms with E-state index in [4.69, 9.17) is 14.0 Å². The summed E-state index contributed by atoms with van der Waals surface area (Å²) in [6.45, 7) is 1.70. The summed E-state index contributed by atoms with van der Waals surface area (Å²) in [6, 6.07) is -0.578. The zero-order valence-electron chi connectivity index (χ0n) is 35.6. The second-order valence-corrected chi connectivity index (χ2v) is 15.7. The molecule has 4 nitrogen and oxygen atoms in total. The highest BCUT2D eigenvalue weighted by Gasteiger charge is 2.47. The van der Waals surface area contributed by atoms with Gasteiger partial charge in [-0.25, -0.2) is 0 Å². The van der Waals surface area contributed by atoms with Gasteiger partial charge in [-0.3, -0.25) is 0 Å². The summed E-state index contributed by atoms with van der Waals surface area (Å²) >= 11 is 0. The van der Waals surface area contributed by atoms with Crippen molar-refractivity contribution >= 4 is 7.32 Å². The van der Waals surface area contributed by atoms with Gasteiger partial charge in [-0.15, -0.1) is 6.07 Å². The van der Waals surface area contributed by atoms with Gasteiger partial charge in [-0.2, -0.15) is 124 Å². The summed E-state index contributed by atoms with van der Waals surface area (Å²) in [5.74, 6) is -4.66. The summed E-state index contributed by atoms with van der Waals surface area (Å²) in [6.07, 6.45) is -42.3. The van der Waals surface area contributed by atoms with Gasteiger partial charge < -0.3 is 18.4 Å². The quantitative estimate of drug-likeness (QED) is 0.0465. The van der Waals surface area contributed by atoms with Gasteiger partial charge in [0.2, 0.25) is 0 Å². The minimum absolute atomic E-state index is 0.0521. The molecule has 0 aliphatic carbocycles. The largest absolute Gasteiger partial charge is 0.864 e. The first kappa shape index (κ1) is 58.9.